The maximum Gasteiger partial charge on any atom is 0.336 e. The van der Waals surface area contributed by atoms with Crippen molar-refractivity contribution in [3.05, 3.63) is 94.4 Å². The maximum atomic E-state index is 11.9. The van der Waals surface area contributed by atoms with E-state index < -0.39 is 5.97 Å². The predicted molar refractivity (Wildman–Crippen MR) is 113 cm³/mol. The first-order valence-corrected chi connectivity index (χ1v) is 9.47. The number of carbonyl (C=O) groups is 2. The summed E-state index contributed by atoms with van der Waals surface area (Å²) in [6.07, 6.45) is 6.03. The second-order valence-corrected chi connectivity index (χ2v) is 6.85. The van der Waals surface area contributed by atoms with Crippen LogP contribution in [-0.2, 0) is 16.0 Å². The number of nitrogens with one attached hydrogen (secondary N) is 1. The van der Waals surface area contributed by atoms with Crippen molar-refractivity contribution in [3.8, 4) is 5.75 Å². The number of rotatable bonds is 7. The average Bonchev–Trinajstić information content (AvgIpc) is 3.22. The second kappa shape index (κ2) is 10.2. The summed E-state index contributed by atoms with van der Waals surface area (Å²) in [5.74, 6) is 0.165. The molecule has 0 aliphatic rings. The molecule has 6 nitrogen and oxygen atoms in total. The summed E-state index contributed by atoms with van der Waals surface area (Å²) in [4.78, 5) is 23.8. The predicted octanol–water partition coefficient (Wildman–Crippen LogP) is 4.35. The molecule has 1 heterocycles. The molecule has 0 fully saturated rings. The maximum absolute atomic E-state index is 11.9. The molecule has 0 saturated heterocycles. The number of carbonyl (C=O) groups excluding carboxylic acids is 2. The summed E-state index contributed by atoms with van der Waals surface area (Å²) in [6, 6.07) is 17.7. The van der Waals surface area contributed by atoms with Crippen molar-refractivity contribution in [2.24, 2.45) is 5.10 Å². The Kier molecular flexibility index (Phi) is 7.13. The molecule has 0 unspecified atom stereocenters. The highest BCUT2D eigenvalue weighted by Crippen LogP contribution is 2.13. The molecule has 2 aromatic carbocycles. The van der Waals surface area contributed by atoms with Gasteiger partial charge in [-0.2, -0.15) is 5.10 Å². The molecule has 3 aromatic rings. The molecule has 0 radical (unpaired) electrons. The summed E-state index contributed by atoms with van der Waals surface area (Å²) < 4.78 is 11.3. The highest BCUT2D eigenvalue weighted by Gasteiger charge is 2.03. The molecule has 1 aromatic heterocycles. The number of hydrazone groups is 1. The third kappa shape index (κ3) is 6.90. The largest absolute Gasteiger partial charge is 0.465 e. The lowest BCUT2D eigenvalue weighted by atomic mass is 10.1. The van der Waals surface area contributed by atoms with E-state index in [4.69, 9.17) is 9.15 Å². The SMILES string of the molecule is O=C(Cc1ccc(Br)cc1)NN=Cc1cccc(OC(=O)C=Cc2ccco2)c1. The van der Waals surface area contributed by atoms with Crippen molar-refractivity contribution in [1.29, 1.82) is 0 Å². The number of nitrogens with zero attached hydrogens (tertiary/aromatic N) is 1. The van der Waals surface area contributed by atoms with E-state index in [2.05, 4.69) is 26.5 Å². The quantitative estimate of drug-likeness (QED) is 0.190. The fourth-order valence-corrected chi connectivity index (χ4v) is 2.62. The fourth-order valence-electron chi connectivity index (χ4n) is 2.35. The molecule has 0 atom stereocenters. The lowest BCUT2D eigenvalue weighted by molar-refractivity contribution is -0.129. The Morgan fingerprint density at radius 3 is 2.69 bits per heavy atom. The van der Waals surface area contributed by atoms with Gasteiger partial charge in [-0.3, -0.25) is 4.79 Å². The van der Waals surface area contributed by atoms with Gasteiger partial charge in [-0.05, 0) is 53.6 Å². The molecule has 1 amide bonds. The molecular formula is C22H17BrN2O4. The van der Waals surface area contributed by atoms with Crippen LogP contribution in [-0.4, -0.2) is 18.1 Å². The third-order valence-electron chi connectivity index (χ3n) is 3.68. The van der Waals surface area contributed by atoms with Gasteiger partial charge in [0.25, 0.3) is 0 Å². The van der Waals surface area contributed by atoms with Gasteiger partial charge in [0.15, 0.2) is 0 Å². The molecule has 0 aliphatic heterocycles. The van der Waals surface area contributed by atoms with Gasteiger partial charge in [0, 0.05) is 10.5 Å². The van der Waals surface area contributed by atoms with Crippen LogP contribution >= 0.6 is 15.9 Å². The second-order valence-electron chi connectivity index (χ2n) is 5.94. The molecule has 146 valence electrons. The standard InChI is InChI=1S/C22H17BrN2O4/c23-18-8-6-16(7-9-18)14-21(26)25-24-15-17-3-1-4-20(13-17)29-22(27)11-10-19-5-2-12-28-19/h1-13,15H,14H2,(H,25,26). The summed E-state index contributed by atoms with van der Waals surface area (Å²) in [5, 5.41) is 3.94. The van der Waals surface area contributed by atoms with Crippen molar-refractivity contribution in [2.75, 3.05) is 0 Å². The van der Waals surface area contributed by atoms with Gasteiger partial charge in [0.2, 0.25) is 5.91 Å². The minimum atomic E-state index is -0.529. The normalized spacial score (nSPS) is 11.1. The lowest BCUT2D eigenvalue weighted by Gasteiger charge is -2.03. The Labute approximate surface area is 176 Å². The molecule has 7 heteroatoms. The highest BCUT2D eigenvalue weighted by molar-refractivity contribution is 9.10. The molecule has 3 rings (SSSR count). The molecule has 0 aliphatic carbocycles. The lowest BCUT2D eigenvalue weighted by Crippen LogP contribution is -2.19. The van der Waals surface area contributed by atoms with E-state index >= 15 is 0 Å². The van der Waals surface area contributed by atoms with Crippen LogP contribution in [0.2, 0.25) is 0 Å². The van der Waals surface area contributed by atoms with Gasteiger partial charge >= 0.3 is 5.97 Å². The zero-order valence-corrected chi connectivity index (χ0v) is 16.8. The molecular weight excluding hydrogens is 436 g/mol. The van der Waals surface area contributed by atoms with E-state index in [1.54, 1.807) is 36.4 Å². The number of amides is 1. The first kappa shape index (κ1) is 20.3. The van der Waals surface area contributed by atoms with E-state index in [1.165, 1.54) is 24.6 Å². The Hall–Kier alpha value is -3.45. The number of esters is 1. The Morgan fingerprint density at radius 1 is 1.10 bits per heavy atom. The minimum absolute atomic E-state index is 0.226. The molecule has 29 heavy (non-hydrogen) atoms. The van der Waals surface area contributed by atoms with Crippen molar-refractivity contribution in [3.63, 3.8) is 0 Å². The topological polar surface area (TPSA) is 80.9 Å². The van der Waals surface area contributed by atoms with Crippen molar-refractivity contribution < 1.29 is 18.7 Å². The van der Waals surface area contributed by atoms with Crippen LogP contribution in [0.1, 0.15) is 16.9 Å². The number of halogens is 1. The van der Waals surface area contributed by atoms with E-state index in [-0.39, 0.29) is 12.3 Å². The summed E-state index contributed by atoms with van der Waals surface area (Å²) in [7, 11) is 0. The van der Waals surface area contributed by atoms with Gasteiger partial charge in [-0.15, -0.1) is 0 Å². The van der Waals surface area contributed by atoms with Crippen LogP contribution < -0.4 is 10.2 Å². The third-order valence-corrected chi connectivity index (χ3v) is 4.21. The van der Waals surface area contributed by atoms with E-state index in [1.807, 2.05) is 24.3 Å². The first-order chi connectivity index (χ1) is 14.1. The van der Waals surface area contributed by atoms with Crippen LogP contribution in [0.5, 0.6) is 5.75 Å². The number of hydrogen-bond donors (Lipinski definition) is 1. The summed E-state index contributed by atoms with van der Waals surface area (Å²) in [6.45, 7) is 0. The highest BCUT2D eigenvalue weighted by atomic mass is 79.9. The Bertz CT molecular complexity index is 1030. The monoisotopic (exact) mass is 452 g/mol. The molecule has 0 bridgehead atoms. The van der Waals surface area contributed by atoms with Crippen molar-refractivity contribution in [1.82, 2.24) is 5.43 Å². The summed E-state index contributed by atoms with van der Waals surface area (Å²) in [5.41, 5.74) is 4.04. The van der Waals surface area contributed by atoms with Gasteiger partial charge in [0.05, 0.1) is 18.9 Å². The van der Waals surface area contributed by atoms with E-state index in [0.717, 1.165) is 10.0 Å². The number of benzene rings is 2. The zero-order valence-electron chi connectivity index (χ0n) is 15.2. The van der Waals surface area contributed by atoms with Gasteiger partial charge in [-0.1, -0.05) is 40.2 Å². The van der Waals surface area contributed by atoms with Crippen LogP contribution in [0.4, 0.5) is 0 Å². The molecule has 0 saturated carbocycles. The Morgan fingerprint density at radius 2 is 1.93 bits per heavy atom. The Balaban J connectivity index is 1.51. The van der Waals surface area contributed by atoms with Crippen molar-refractivity contribution >= 4 is 40.1 Å². The van der Waals surface area contributed by atoms with Crippen LogP contribution in [0.15, 0.2) is 87.0 Å². The van der Waals surface area contributed by atoms with E-state index in [0.29, 0.717) is 17.1 Å². The number of furan rings is 1. The van der Waals surface area contributed by atoms with Gasteiger partial charge < -0.3 is 9.15 Å². The van der Waals surface area contributed by atoms with Gasteiger partial charge in [0.1, 0.15) is 11.5 Å². The number of hydrogen-bond acceptors (Lipinski definition) is 5. The van der Waals surface area contributed by atoms with Crippen LogP contribution in [0, 0.1) is 0 Å². The minimum Gasteiger partial charge on any atom is -0.465 e. The smallest absolute Gasteiger partial charge is 0.336 e. The fraction of sp³-hybridized carbons (Fsp3) is 0.0455. The van der Waals surface area contributed by atoms with Crippen molar-refractivity contribution in [2.45, 2.75) is 6.42 Å². The van der Waals surface area contributed by atoms with Crippen LogP contribution in [0.25, 0.3) is 6.08 Å². The average molecular weight is 453 g/mol. The van der Waals surface area contributed by atoms with Gasteiger partial charge in [-0.25, -0.2) is 10.2 Å². The summed E-state index contributed by atoms with van der Waals surface area (Å²) >= 11 is 3.35. The molecule has 0 spiro atoms. The van der Waals surface area contributed by atoms with E-state index in [9.17, 15) is 9.59 Å². The number of ether oxygens (including phenoxy) is 1. The zero-order chi connectivity index (χ0) is 20.5. The molecule has 1 N–H and O–H groups in total. The first-order valence-electron chi connectivity index (χ1n) is 8.68. The van der Waals surface area contributed by atoms with Crippen LogP contribution in [0.3, 0.4) is 0 Å².